The molecule has 0 heterocycles. The van der Waals surface area contributed by atoms with Gasteiger partial charge in [-0.1, -0.05) is 19.1 Å². The van der Waals surface area contributed by atoms with Crippen molar-refractivity contribution in [1.82, 2.24) is 4.72 Å². The molecule has 0 aliphatic rings. The normalized spacial score (nSPS) is 13.5. The first-order chi connectivity index (χ1) is 8.53. The molecule has 0 radical (unpaired) electrons. The van der Waals surface area contributed by atoms with Gasteiger partial charge in [0.25, 0.3) is 0 Å². The zero-order valence-electron chi connectivity index (χ0n) is 10.6. The molecule has 1 aromatic rings. The first-order valence-electron chi connectivity index (χ1n) is 5.74. The van der Waals surface area contributed by atoms with Gasteiger partial charge in [-0.25, -0.2) is 13.1 Å². The molecule has 1 rings (SSSR count). The van der Waals surface area contributed by atoms with Crippen LogP contribution >= 0.6 is 0 Å². The second-order valence-electron chi connectivity index (χ2n) is 3.99. The lowest BCUT2D eigenvalue weighted by molar-refractivity contribution is 0.173. The average molecular weight is 273 g/mol. The Morgan fingerprint density at radius 3 is 2.72 bits per heavy atom. The third-order valence-corrected chi connectivity index (χ3v) is 4.09. The van der Waals surface area contributed by atoms with Crippen LogP contribution in [0.15, 0.2) is 29.2 Å². The number of nitrogens with one attached hydrogen (secondary N) is 1. The van der Waals surface area contributed by atoms with Crippen molar-refractivity contribution in [3.05, 3.63) is 29.8 Å². The fraction of sp³-hybridized carbons (Fsp3) is 0.500. The molecule has 0 saturated carbocycles. The van der Waals surface area contributed by atoms with E-state index in [0.29, 0.717) is 18.6 Å². The van der Waals surface area contributed by atoms with Crippen LogP contribution in [0.1, 0.15) is 18.9 Å². The van der Waals surface area contributed by atoms with Gasteiger partial charge < -0.3 is 9.84 Å². The van der Waals surface area contributed by atoms with Gasteiger partial charge in [0.15, 0.2) is 0 Å². The maximum absolute atomic E-state index is 12.1. The fourth-order valence-corrected chi connectivity index (χ4v) is 2.91. The Kier molecular flexibility index (Phi) is 5.74. The third-order valence-electron chi connectivity index (χ3n) is 2.57. The summed E-state index contributed by atoms with van der Waals surface area (Å²) < 4.78 is 31.7. The second kappa shape index (κ2) is 6.84. The van der Waals surface area contributed by atoms with Crippen molar-refractivity contribution in [2.45, 2.75) is 30.9 Å². The van der Waals surface area contributed by atoms with Crippen LogP contribution in [0.2, 0.25) is 0 Å². The lowest BCUT2D eigenvalue weighted by Gasteiger charge is -2.16. The highest BCUT2D eigenvalue weighted by atomic mass is 32.2. The fourth-order valence-electron chi connectivity index (χ4n) is 1.53. The molecule has 0 amide bonds. The summed E-state index contributed by atoms with van der Waals surface area (Å²) in [5, 5.41) is 9.00. The van der Waals surface area contributed by atoms with Crippen LogP contribution in [-0.4, -0.2) is 33.3 Å². The van der Waals surface area contributed by atoms with Gasteiger partial charge in [-0.3, -0.25) is 0 Å². The largest absolute Gasteiger partial charge is 0.392 e. The topological polar surface area (TPSA) is 75.6 Å². The monoisotopic (exact) mass is 273 g/mol. The summed E-state index contributed by atoms with van der Waals surface area (Å²) in [4.78, 5) is 0.156. The number of ether oxygens (including phenoxy) is 1. The van der Waals surface area contributed by atoms with Gasteiger partial charge in [-0.2, -0.15) is 0 Å². The molecule has 1 unspecified atom stereocenters. The summed E-state index contributed by atoms with van der Waals surface area (Å²) in [5.74, 6) is 0. The van der Waals surface area contributed by atoms with Gasteiger partial charge >= 0.3 is 0 Å². The number of benzene rings is 1. The van der Waals surface area contributed by atoms with Crippen molar-refractivity contribution in [2.24, 2.45) is 0 Å². The predicted molar refractivity (Wildman–Crippen MR) is 68.6 cm³/mol. The summed E-state index contributed by atoms with van der Waals surface area (Å²) >= 11 is 0. The molecular weight excluding hydrogens is 254 g/mol. The van der Waals surface area contributed by atoms with E-state index < -0.39 is 10.0 Å². The molecule has 18 heavy (non-hydrogen) atoms. The van der Waals surface area contributed by atoms with E-state index in [4.69, 9.17) is 9.84 Å². The van der Waals surface area contributed by atoms with Crippen LogP contribution in [0, 0.1) is 0 Å². The molecule has 1 aromatic carbocycles. The zero-order valence-corrected chi connectivity index (χ0v) is 11.4. The van der Waals surface area contributed by atoms with Crippen LogP contribution in [0.4, 0.5) is 0 Å². The number of rotatable bonds is 7. The summed E-state index contributed by atoms with van der Waals surface area (Å²) in [6.45, 7) is 2.03. The Hall–Kier alpha value is -0.950. The van der Waals surface area contributed by atoms with Crippen molar-refractivity contribution < 1.29 is 18.3 Å². The first kappa shape index (κ1) is 15.1. The van der Waals surface area contributed by atoms with Gasteiger partial charge in [0.05, 0.1) is 18.1 Å². The van der Waals surface area contributed by atoms with Gasteiger partial charge in [-0.15, -0.1) is 0 Å². The van der Waals surface area contributed by atoms with Crippen LogP contribution in [0.5, 0.6) is 0 Å². The molecule has 2 N–H and O–H groups in total. The maximum Gasteiger partial charge on any atom is 0.240 e. The van der Waals surface area contributed by atoms with Crippen molar-refractivity contribution in [2.75, 3.05) is 13.7 Å². The molecule has 1 atom stereocenters. The lowest BCUT2D eigenvalue weighted by Crippen LogP contribution is -2.37. The highest BCUT2D eigenvalue weighted by Gasteiger charge is 2.19. The second-order valence-corrected chi connectivity index (χ2v) is 5.70. The maximum atomic E-state index is 12.1. The minimum absolute atomic E-state index is 0.156. The van der Waals surface area contributed by atoms with E-state index in [1.165, 1.54) is 19.2 Å². The molecule has 102 valence electrons. The molecule has 0 aromatic heterocycles. The predicted octanol–water partition coefficient (Wildman–Crippen LogP) is 0.882. The van der Waals surface area contributed by atoms with Gasteiger partial charge in [-0.05, 0) is 24.1 Å². The summed E-state index contributed by atoms with van der Waals surface area (Å²) in [6, 6.07) is 5.99. The summed E-state index contributed by atoms with van der Waals surface area (Å²) in [6.07, 6.45) is 0.646. The number of aliphatic hydroxyl groups is 1. The summed E-state index contributed by atoms with van der Waals surface area (Å²) in [7, 11) is -2.04. The highest BCUT2D eigenvalue weighted by Crippen LogP contribution is 2.12. The van der Waals surface area contributed by atoms with E-state index in [0.717, 1.165) is 0 Å². The van der Waals surface area contributed by atoms with Crippen molar-refractivity contribution in [1.29, 1.82) is 0 Å². The van der Waals surface area contributed by atoms with Gasteiger partial charge in [0.2, 0.25) is 10.0 Å². The molecule has 5 nitrogen and oxygen atoms in total. The number of hydrogen-bond donors (Lipinski definition) is 2. The Morgan fingerprint density at radius 1 is 1.44 bits per heavy atom. The van der Waals surface area contributed by atoms with E-state index in [2.05, 4.69) is 4.72 Å². The SMILES string of the molecule is CCC(COC)NS(=O)(=O)c1cccc(CO)c1. The van der Waals surface area contributed by atoms with Crippen molar-refractivity contribution in [3.8, 4) is 0 Å². The van der Waals surface area contributed by atoms with Crippen molar-refractivity contribution in [3.63, 3.8) is 0 Å². The molecule has 0 fully saturated rings. The smallest absolute Gasteiger partial charge is 0.240 e. The minimum atomic E-state index is -3.57. The molecule has 6 heteroatoms. The molecular formula is C12H19NO4S. The van der Waals surface area contributed by atoms with Gasteiger partial charge in [0.1, 0.15) is 0 Å². The third kappa shape index (κ3) is 4.06. The number of hydrogen-bond acceptors (Lipinski definition) is 4. The zero-order chi connectivity index (χ0) is 13.6. The molecule has 0 aliphatic carbocycles. The van der Waals surface area contributed by atoms with Crippen LogP contribution in [0.25, 0.3) is 0 Å². The molecule has 0 bridgehead atoms. The van der Waals surface area contributed by atoms with E-state index >= 15 is 0 Å². The average Bonchev–Trinajstić information content (AvgIpc) is 2.38. The Morgan fingerprint density at radius 2 is 2.17 bits per heavy atom. The lowest BCUT2D eigenvalue weighted by atomic mass is 10.2. The molecule has 0 aliphatic heterocycles. The number of sulfonamides is 1. The van der Waals surface area contributed by atoms with Crippen LogP contribution < -0.4 is 4.72 Å². The Balaban J connectivity index is 2.91. The Labute approximate surface area is 108 Å². The van der Waals surface area contributed by atoms with E-state index in [1.54, 1.807) is 12.1 Å². The number of aliphatic hydroxyl groups excluding tert-OH is 1. The van der Waals surface area contributed by atoms with Gasteiger partial charge in [0, 0.05) is 13.2 Å². The Bertz CT molecular complexity index is 473. The highest BCUT2D eigenvalue weighted by molar-refractivity contribution is 7.89. The van der Waals surface area contributed by atoms with Crippen LogP contribution in [0.3, 0.4) is 0 Å². The van der Waals surface area contributed by atoms with E-state index in [1.807, 2.05) is 6.92 Å². The quantitative estimate of drug-likeness (QED) is 0.773. The van der Waals surface area contributed by atoms with E-state index in [9.17, 15) is 8.42 Å². The first-order valence-corrected chi connectivity index (χ1v) is 7.23. The standard InChI is InChI=1S/C12H19NO4S/c1-3-11(9-17-2)13-18(15,16)12-6-4-5-10(7-12)8-14/h4-7,11,13-14H,3,8-9H2,1-2H3. The number of methoxy groups -OCH3 is 1. The van der Waals surface area contributed by atoms with Crippen LogP contribution in [-0.2, 0) is 21.4 Å². The summed E-state index contributed by atoms with van der Waals surface area (Å²) in [5.41, 5.74) is 0.567. The molecule has 0 spiro atoms. The molecule has 0 saturated heterocycles. The van der Waals surface area contributed by atoms with Crippen molar-refractivity contribution >= 4 is 10.0 Å². The minimum Gasteiger partial charge on any atom is -0.392 e. The van der Waals surface area contributed by atoms with E-state index in [-0.39, 0.29) is 17.5 Å².